The summed E-state index contributed by atoms with van der Waals surface area (Å²) in [4.78, 5) is 31.0. The number of hydrogen-bond acceptors (Lipinski definition) is 4. The number of likely N-dealkylation sites (tertiary alicyclic amines) is 1. The lowest BCUT2D eigenvalue weighted by Gasteiger charge is -2.31. The largest absolute Gasteiger partial charge is 0.370 e. The molecule has 0 unspecified atom stereocenters. The van der Waals surface area contributed by atoms with E-state index in [4.69, 9.17) is 4.74 Å². The van der Waals surface area contributed by atoms with Crippen LogP contribution in [0.2, 0.25) is 0 Å². The van der Waals surface area contributed by atoms with Crippen LogP contribution in [0.4, 0.5) is 5.69 Å². The van der Waals surface area contributed by atoms with Gasteiger partial charge in [-0.2, -0.15) is 0 Å². The smallest absolute Gasteiger partial charge is 0.230 e. The van der Waals surface area contributed by atoms with Crippen LogP contribution in [-0.2, 0) is 20.7 Å². The highest BCUT2D eigenvalue weighted by atomic mass is 16.5. The Labute approximate surface area is 183 Å². The molecule has 0 aromatic heterocycles. The Kier molecular flexibility index (Phi) is 4.60. The summed E-state index contributed by atoms with van der Waals surface area (Å²) < 4.78 is 6.28. The van der Waals surface area contributed by atoms with Crippen molar-refractivity contribution in [3.8, 4) is 0 Å². The van der Waals surface area contributed by atoms with Crippen LogP contribution >= 0.6 is 0 Å². The number of nitrogens with zero attached hydrogens (tertiary/aromatic N) is 2. The molecule has 5 aliphatic rings. The van der Waals surface area contributed by atoms with Crippen LogP contribution in [-0.4, -0.2) is 60.6 Å². The molecule has 4 atom stereocenters. The number of hydrogen-bond donors (Lipinski definition) is 1. The number of anilines is 1. The van der Waals surface area contributed by atoms with Crippen LogP contribution in [0.5, 0.6) is 0 Å². The first-order chi connectivity index (χ1) is 15.2. The van der Waals surface area contributed by atoms with Gasteiger partial charge in [-0.25, -0.2) is 0 Å². The zero-order valence-electron chi connectivity index (χ0n) is 18.0. The second-order valence-corrected chi connectivity index (χ2v) is 9.81. The third-order valence-corrected chi connectivity index (χ3v) is 8.09. The van der Waals surface area contributed by atoms with Gasteiger partial charge in [0.15, 0.2) is 0 Å². The van der Waals surface area contributed by atoms with E-state index in [1.54, 1.807) is 0 Å². The Balaban J connectivity index is 1.12. The maximum atomic E-state index is 13.4. The Morgan fingerprint density at radius 2 is 2.03 bits per heavy atom. The van der Waals surface area contributed by atoms with Crippen molar-refractivity contribution in [1.29, 1.82) is 0 Å². The first-order valence-corrected chi connectivity index (χ1v) is 11.9. The number of fused-ring (bicyclic) bond motifs is 2. The van der Waals surface area contributed by atoms with E-state index in [9.17, 15) is 9.59 Å². The summed E-state index contributed by atoms with van der Waals surface area (Å²) in [7, 11) is 0. The lowest BCUT2D eigenvalue weighted by Crippen LogP contribution is -2.46. The standard InChI is InChI=1S/C25H31N3O3/c29-23(26-13-15-27-14-5-7-17-6-1-4-10-19(17)27)21-20-11-12-25(31-20)16-28(24(30)22(21)25)18-8-2-3-9-18/h1,4,6,10-12,18,20-22H,2-3,5,7-9,13-16H2,(H,26,29)/t20-,21-,22+,25-/m0/s1. The van der Waals surface area contributed by atoms with Gasteiger partial charge < -0.3 is 19.9 Å². The van der Waals surface area contributed by atoms with Gasteiger partial charge in [0.1, 0.15) is 5.60 Å². The molecule has 6 nitrogen and oxygen atoms in total. The van der Waals surface area contributed by atoms with E-state index >= 15 is 0 Å². The molecule has 6 heteroatoms. The number of aryl methyl sites for hydroxylation is 1. The second kappa shape index (κ2) is 7.37. The first kappa shape index (κ1) is 19.4. The number of amides is 2. The summed E-state index contributed by atoms with van der Waals surface area (Å²) in [6, 6.07) is 8.86. The molecule has 4 aliphatic heterocycles. The van der Waals surface area contributed by atoms with Crippen LogP contribution in [0.25, 0.3) is 0 Å². The summed E-state index contributed by atoms with van der Waals surface area (Å²) in [6.07, 6.45) is 10.6. The van der Waals surface area contributed by atoms with Gasteiger partial charge in [0, 0.05) is 31.4 Å². The van der Waals surface area contributed by atoms with E-state index < -0.39 is 11.5 Å². The van der Waals surface area contributed by atoms with E-state index in [0.717, 1.165) is 38.8 Å². The predicted octanol–water partition coefficient (Wildman–Crippen LogP) is 2.28. The Bertz CT molecular complexity index is 924. The Hall–Kier alpha value is -2.34. The van der Waals surface area contributed by atoms with Gasteiger partial charge in [0.25, 0.3) is 0 Å². The number of benzene rings is 1. The maximum absolute atomic E-state index is 13.4. The lowest BCUT2D eigenvalue weighted by molar-refractivity contribution is -0.138. The molecule has 4 heterocycles. The van der Waals surface area contributed by atoms with Gasteiger partial charge in [0.2, 0.25) is 11.8 Å². The maximum Gasteiger partial charge on any atom is 0.230 e. The highest BCUT2D eigenvalue weighted by Crippen LogP contribution is 2.53. The normalized spacial score (nSPS) is 33.8. The van der Waals surface area contributed by atoms with E-state index in [2.05, 4.69) is 40.6 Å². The zero-order chi connectivity index (χ0) is 21.0. The number of rotatable bonds is 5. The number of carbonyl (C=O) groups is 2. The van der Waals surface area contributed by atoms with Crippen molar-refractivity contribution in [3.05, 3.63) is 42.0 Å². The first-order valence-electron chi connectivity index (χ1n) is 11.9. The van der Waals surface area contributed by atoms with Gasteiger partial charge in [-0.3, -0.25) is 9.59 Å². The van der Waals surface area contributed by atoms with E-state index in [-0.39, 0.29) is 23.8 Å². The fourth-order valence-electron chi connectivity index (χ4n) is 6.63. The summed E-state index contributed by atoms with van der Waals surface area (Å²) in [5, 5.41) is 3.14. The number of ether oxygens (including phenoxy) is 1. The molecular weight excluding hydrogens is 390 g/mol. The molecule has 2 saturated heterocycles. The van der Waals surface area contributed by atoms with Crippen LogP contribution in [0, 0.1) is 11.8 Å². The highest BCUT2D eigenvalue weighted by Gasteiger charge is 2.67. The molecule has 3 fully saturated rings. The molecule has 2 bridgehead atoms. The molecule has 1 aromatic carbocycles. The average molecular weight is 422 g/mol. The minimum absolute atomic E-state index is 0.0341. The van der Waals surface area contributed by atoms with E-state index in [1.165, 1.54) is 24.1 Å². The van der Waals surface area contributed by atoms with Crippen molar-refractivity contribution in [2.24, 2.45) is 11.8 Å². The molecule has 31 heavy (non-hydrogen) atoms. The van der Waals surface area contributed by atoms with Crippen LogP contribution in [0.1, 0.15) is 37.7 Å². The SMILES string of the molecule is O=C(NCCN1CCCc2ccccc21)[C@H]1[C@@H]2C=C[C@@]3(CN(C4CCCC4)C(=O)[C@@H]13)O2. The topological polar surface area (TPSA) is 61.9 Å². The zero-order valence-corrected chi connectivity index (χ0v) is 18.0. The summed E-state index contributed by atoms with van der Waals surface area (Å²) in [5.41, 5.74) is 2.08. The summed E-state index contributed by atoms with van der Waals surface area (Å²) >= 11 is 0. The molecular formula is C25H31N3O3. The fourth-order valence-corrected chi connectivity index (χ4v) is 6.63. The van der Waals surface area contributed by atoms with Crippen LogP contribution in [0.15, 0.2) is 36.4 Å². The van der Waals surface area contributed by atoms with Gasteiger partial charge in [-0.15, -0.1) is 0 Å². The van der Waals surface area contributed by atoms with Gasteiger partial charge in [-0.05, 0) is 37.3 Å². The van der Waals surface area contributed by atoms with E-state index in [0.29, 0.717) is 19.1 Å². The van der Waals surface area contributed by atoms with Crippen molar-refractivity contribution in [2.75, 3.05) is 31.1 Å². The van der Waals surface area contributed by atoms with Crippen molar-refractivity contribution >= 4 is 17.5 Å². The minimum Gasteiger partial charge on any atom is -0.370 e. The monoisotopic (exact) mass is 421 g/mol. The molecule has 1 aromatic rings. The van der Waals surface area contributed by atoms with Gasteiger partial charge in [0.05, 0.1) is 24.5 Å². The molecule has 0 radical (unpaired) electrons. The highest BCUT2D eigenvalue weighted by molar-refractivity contribution is 5.93. The molecule has 1 N–H and O–H groups in total. The summed E-state index contributed by atoms with van der Waals surface area (Å²) in [5.74, 6) is -0.673. The third-order valence-electron chi connectivity index (χ3n) is 8.09. The number of carbonyl (C=O) groups excluding carboxylic acids is 2. The van der Waals surface area contributed by atoms with Crippen molar-refractivity contribution in [3.63, 3.8) is 0 Å². The second-order valence-electron chi connectivity index (χ2n) is 9.81. The number of para-hydroxylation sites is 1. The molecule has 164 valence electrons. The molecule has 6 rings (SSSR count). The minimum atomic E-state index is -0.585. The fraction of sp³-hybridized carbons (Fsp3) is 0.600. The van der Waals surface area contributed by atoms with Crippen LogP contribution in [0.3, 0.4) is 0 Å². The molecule has 1 spiro atoms. The Morgan fingerprint density at radius 1 is 1.19 bits per heavy atom. The Morgan fingerprint density at radius 3 is 2.90 bits per heavy atom. The van der Waals surface area contributed by atoms with Crippen molar-refractivity contribution < 1.29 is 14.3 Å². The molecule has 2 amide bonds. The molecule has 1 saturated carbocycles. The van der Waals surface area contributed by atoms with E-state index in [1.807, 2.05) is 11.0 Å². The van der Waals surface area contributed by atoms with Crippen molar-refractivity contribution in [1.82, 2.24) is 10.2 Å². The molecule has 1 aliphatic carbocycles. The van der Waals surface area contributed by atoms with Crippen molar-refractivity contribution in [2.45, 2.75) is 56.3 Å². The third kappa shape index (κ3) is 3.02. The lowest BCUT2D eigenvalue weighted by atomic mass is 9.77. The summed E-state index contributed by atoms with van der Waals surface area (Å²) in [6.45, 7) is 3.00. The predicted molar refractivity (Wildman–Crippen MR) is 118 cm³/mol. The van der Waals surface area contributed by atoms with Gasteiger partial charge >= 0.3 is 0 Å². The average Bonchev–Trinajstić information content (AvgIpc) is 3.56. The quantitative estimate of drug-likeness (QED) is 0.741. The van der Waals surface area contributed by atoms with Crippen LogP contribution < -0.4 is 10.2 Å². The number of nitrogens with one attached hydrogen (secondary N) is 1. The van der Waals surface area contributed by atoms with Gasteiger partial charge in [-0.1, -0.05) is 43.2 Å².